The number of rotatable bonds is 12. The molecule has 6 heterocycles. The Kier molecular flexibility index (Phi) is 15.0. The number of nitrogens with one attached hydrogen (secondary N) is 3. The monoisotopic (exact) mass is 931 g/mol. The quantitative estimate of drug-likeness (QED) is 0.216. The molecular weight excluding hydrogens is 863 g/mol. The fourth-order valence-corrected chi connectivity index (χ4v) is 10.2. The first kappa shape index (κ1) is 48.7. The maximum Gasteiger partial charge on any atom is 0.326 e. The van der Waals surface area contributed by atoms with Gasteiger partial charge in [-0.1, -0.05) is 33.8 Å². The van der Waals surface area contributed by atoms with E-state index < -0.39 is 41.5 Å². The number of aliphatic imine (C=N–C) groups is 1. The maximum absolute atomic E-state index is 14.6. The number of allylic oxidation sites excluding steroid dienone is 1. The SMILES string of the molecule is CCn1c(C2=C([C@H](C)OC)N=CCC2)c2c3cc(ccc31)-c1csc(n1)C[C@H](NC(=O)[C@H](C(C)C)N(C)C(=O)N(C)CCN(C)C(=O)[C@H]1CN1)C(=O)N1CCC[C@H](N1)[N+](=O)OCC(C)(C)C2. The number of carbonyl (C=O) groups excluding carboxylic acids is 4. The summed E-state index contributed by atoms with van der Waals surface area (Å²) in [5.41, 5.74) is 9.65. The molecule has 1 aromatic carbocycles. The van der Waals surface area contributed by atoms with Gasteiger partial charge in [0.2, 0.25) is 16.7 Å². The lowest BCUT2D eigenvalue weighted by Crippen LogP contribution is -2.62. The number of hydrogen-bond donors (Lipinski definition) is 3. The maximum atomic E-state index is 14.6. The van der Waals surface area contributed by atoms with Crippen LogP contribution in [0, 0.1) is 16.2 Å². The molecule has 0 unspecified atom stereocenters. The molecule has 7 rings (SSSR count). The Morgan fingerprint density at radius 2 is 1.88 bits per heavy atom. The van der Waals surface area contributed by atoms with Gasteiger partial charge >= 0.3 is 12.2 Å². The fourth-order valence-electron chi connectivity index (χ4n) is 9.33. The highest BCUT2D eigenvalue weighted by molar-refractivity contribution is 7.10. The van der Waals surface area contributed by atoms with Crippen molar-refractivity contribution in [3.05, 3.63) is 50.4 Å². The molecule has 66 heavy (non-hydrogen) atoms. The molecule has 0 saturated carbocycles. The Bertz CT molecular complexity index is 2390. The molecule has 4 aliphatic rings. The molecule has 0 spiro atoms. The molecule has 2 saturated heterocycles. The van der Waals surface area contributed by atoms with E-state index in [9.17, 15) is 24.1 Å². The molecule has 2 fully saturated rings. The minimum absolute atomic E-state index is 0.0268. The van der Waals surface area contributed by atoms with Gasteiger partial charge in [0.15, 0.2) is 6.61 Å². The molecule has 19 heteroatoms. The molecule has 18 nitrogen and oxygen atoms in total. The summed E-state index contributed by atoms with van der Waals surface area (Å²) in [7, 11) is 6.62. The molecule has 4 aliphatic heterocycles. The predicted octanol–water partition coefficient (Wildman–Crippen LogP) is 4.61. The van der Waals surface area contributed by atoms with Gasteiger partial charge in [0, 0.05) is 113 Å². The van der Waals surface area contributed by atoms with E-state index >= 15 is 0 Å². The summed E-state index contributed by atoms with van der Waals surface area (Å²) in [5, 5.41) is 11.1. The summed E-state index contributed by atoms with van der Waals surface area (Å²) < 4.78 is 8.20. The number of benzene rings is 1. The van der Waals surface area contributed by atoms with Crippen LogP contribution in [0.15, 0.2) is 34.3 Å². The third-order valence-corrected chi connectivity index (χ3v) is 14.0. The predicted molar refractivity (Wildman–Crippen MR) is 254 cm³/mol. The zero-order valence-electron chi connectivity index (χ0n) is 40.2. The summed E-state index contributed by atoms with van der Waals surface area (Å²) in [6, 6.07) is 3.80. The summed E-state index contributed by atoms with van der Waals surface area (Å²) in [6.45, 7) is 14.4. The summed E-state index contributed by atoms with van der Waals surface area (Å²) >= 11 is 1.41. The van der Waals surface area contributed by atoms with Crippen molar-refractivity contribution >= 4 is 57.8 Å². The molecule has 0 radical (unpaired) electrons. The Morgan fingerprint density at radius 3 is 2.58 bits per heavy atom. The second-order valence-electron chi connectivity index (χ2n) is 19.2. The van der Waals surface area contributed by atoms with Crippen molar-refractivity contribution < 1.29 is 33.7 Å². The number of thiazole rings is 1. The van der Waals surface area contributed by atoms with Gasteiger partial charge < -0.3 is 34.6 Å². The first-order valence-electron chi connectivity index (χ1n) is 23.2. The van der Waals surface area contributed by atoms with Crippen LogP contribution in [0.3, 0.4) is 0 Å². The van der Waals surface area contributed by atoms with Gasteiger partial charge in [-0.15, -0.1) is 11.3 Å². The zero-order valence-corrected chi connectivity index (χ0v) is 41.0. The smallest absolute Gasteiger partial charge is 0.326 e. The van der Waals surface area contributed by atoms with Crippen LogP contribution in [0.4, 0.5) is 4.79 Å². The van der Waals surface area contributed by atoms with Crippen LogP contribution >= 0.6 is 11.3 Å². The Labute approximate surface area is 391 Å². The van der Waals surface area contributed by atoms with Crippen molar-refractivity contribution in [3.8, 4) is 11.3 Å². The van der Waals surface area contributed by atoms with Crippen LogP contribution in [-0.2, 0) is 43.3 Å². The number of aryl methyl sites for hydroxylation is 1. The van der Waals surface area contributed by atoms with Gasteiger partial charge in [-0.05, 0) is 63.1 Å². The van der Waals surface area contributed by atoms with Gasteiger partial charge in [-0.2, -0.15) is 5.43 Å². The van der Waals surface area contributed by atoms with Crippen LogP contribution in [0.1, 0.15) is 83.5 Å². The second-order valence-corrected chi connectivity index (χ2v) is 20.1. The lowest BCUT2D eigenvalue weighted by molar-refractivity contribution is -0.835. The van der Waals surface area contributed by atoms with Gasteiger partial charge in [0.1, 0.15) is 12.1 Å². The lowest BCUT2D eigenvalue weighted by Gasteiger charge is -2.35. The highest BCUT2D eigenvalue weighted by Gasteiger charge is 2.41. The third-order valence-electron chi connectivity index (χ3n) is 13.1. The number of aromatic nitrogens is 2. The summed E-state index contributed by atoms with van der Waals surface area (Å²) in [4.78, 5) is 90.2. The van der Waals surface area contributed by atoms with Crippen molar-refractivity contribution in [1.82, 2.24) is 45.3 Å². The largest absolute Gasteiger partial charge is 0.375 e. The number of likely N-dealkylation sites (N-methyl/N-ethyl adjacent to an activating group) is 3. The number of methoxy groups -OCH3 is 1. The molecule has 6 bridgehead atoms. The van der Waals surface area contributed by atoms with Crippen molar-refractivity contribution in [2.24, 2.45) is 16.3 Å². The van der Waals surface area contributed by atoms with Crippen LogP contribution in [0.25, 0.3) is 27.7 Å². The second kappa shape index (κ2) is 20.3. The Morgan fingerprint density at radius 1 is 1.14 bits per heavy atom. The topological polar surface area (TPSA) is 196 Å². The van der Waals surface area contributed by atoms with Crippen molar-refractivity contribution in [2.75, 3.05) is 61.0 Å². The number of nitrogens with zero attached hydrogens (tertiary/aromatic N) is 8. The standard InChI is InChI=1S/C47H67N11O7S/c1-11-56-37-17-16-30-22-32(37)33(42(56)31-14-12-18-48-40(31)29(4)64-10)24-47(5,6)27-65-58(63)38-15-13-19-57(52-38)45(61)34(23-39-50-36(30)26-66-39)51-43(59)41(28(2)3)55(9)46(62)54(8)21-20-53(7)44(60)35-25-49-35/h16-18,22,26,28-29,34-35,38,41,49,52H,11-15,19-21,23-25,27H2,1-10H3/p+1/t29-,34-,35+,38+,41-/m0/s1. The molecule has 3 aromatic rings. The fraction of sp³-hybridized carbons (Fsp3) is 0.617. The number of ether oxygens (including phenoxy) is 1. The van der Waals surface area contributed by atoms with E-state index in [1.807, 2.05) is 32.4 Å². The van der Waals surface area contributed by atoms with E-state index in [0.29, 0.717) is 48.8 Å². The van der Waals surface area contributed by atoms with Crippen LogP contribution in [-0.4, -0.2) is 156 Å². The van der Waals surface area contributed by atoms with E-state index in [2.05, 4.69) is 59.6 Å². The van der Waals surface area contributed by atoms with Gasteiger partial charge in [-0.25, -0.2) is 14.6 Å². The minimum atomic E-state index is -1.09. The highest BCUT2D eigenvalue weighted by Crippen LogP contribution is 2.42. The van der Waals surface area contributed by atoms with E-state index in [1.54, 1.807) is 33.2 Å². The lowest BCUT2D eigenvalue weighted by atomic mass is 9.83. The van der Waals surface area contributed by atoms with Crippen LogP contribution in [0.2, 0.25) is 0 Å². The molecule has 5 atom stereocenters. The van der Waals surface area contributed by atoms with E-state index in [1.165, 1.54) is 26.1 Å². The normalized spacial score (nSPS) is 21.9. The molecule has 5 amide bonds. The minimum Gasteiger partial charge on any atom is -0.375 e. The van der Waals surface area contributed by atoms with Crippen LogP contribution in [0.5, 0.6) is 0 Å². The number of hydrogen-bond acceptors (Lipinski definition) is 12. The average molecular weight is 931 g/mol. The van der Waals surface area contributed by atoms with Crippen LogP contribution < -0.4 is 16.1 Å². The first-order chi connectivity index (χ1) is 31.4. The molecule has 2 aromatic heterocycles. The van der Waals surface area contributed by atoms with Crippen molar-refractivity contribution in [1.29, 1.82) is 0 Å². The van der Waals surface area contributed by atoms with Crippen molar-refractivity contribution in [3.63, 3.8) is 0 Å². The molecule has 3 N–H and O–H groups in total. The zero-order chi connectivity index (χ0) is 47.6. The van der Waals surface area contributed by atoms with Gasteiger partial charge in [-0.3, -0.25) is 24.4 Å². The van der Waals surface area contributed by atoms with Crippen molar-refractivity contribution in [2.45, 2.75) is 117 Å². The molecular formula is C47H68N11O7S+. The van der Waals surface area contributed by atoms with E-state index in [4.69, 9.17) is 19.6 Å². The van der Waals surface area contributed by atoms with Gasteiger partial charge in [0.05, 0.1) is 39.1 Å². The highest BCUT2D eigenvalue weighted by atomic mass is 32.1. The van der Waals surface area contributed by atoms with E-state index in [-0.39, 0.29) is 43.5 Å². The first-order valence-corrected chi connectivity index (χ1v) is 24.1. The molecule has 358 valence electrons. The number of urea groups is 1. The van der Waals surface area contributed by atoms with E-state index in [0.717, 1.165) is 64.1 Å². The summed E-state index contributed by atoms with van der Waals surface area (Å²) in [5.74, 6) is -1.29. The third kappa shape index (κ3) is 10.5. The average Bonchev–Trinajstić information content (AvgIpc) is 3.98. The van der Waals surface area contributed by atoms with Gasteiger partial charge in [0.25, 0.3) is 5.91 Å². The molecule has 0 aliphatic carbocycles. The number of carbonyl (C=O) groups is 4. The Balaban J connectivity index is 1.23. The Hall–Kier alpha value is -5.24. The number of hydrazine groups is 1. The number of fused-ring (bicyclic) bond motifs is 6. The summed E-state index contributed by atoms with van der Waals surface area (Å²) in [6.07, 6.45) is 4.14. The number of amides is 5.